The second-order valence-electron chi connectivity index (χ2n) is 5.28. The highest BCUT2D eigenvalue weighted by Crippen LogP contribution is 2.26. The molecule has 1 fully saturated rings. The zero-order valence-electron chi connectivity index (χ0n) is 11.3. The fraction of sp³-hybridized carbons (Fsp3) is 1.00. The average molecular weight is 243 g/mol. The Bertz CT molecular complexity index is 177. The van der Waals surface area contributed by atoms with Gasteiger partial charge in [-0.25, -0.2) is 0 Å². The van der Waals surface area contributed by atoms with Gasteiger partial charge in [-0.15, -0.1) is 0 Å². The van der Waals surface area contributed by atoms with E-state index in [1.165, 1.54) is 25.7 Å². The summed E-state index contributed by atoms with van der Waals surface area (Å²) in [5.74, 6) is 0. The Balaban J connectivity index is 2.00. The van der Waals surface area contributed by atoms with Gasteiger partial charge in [0.2, 0.25) is 0 Å². The number of ether oxygens (including phenoxy) is 1. The molecule has 3 nitrogen and oxygen atoms in total. The molecular weight excluding hydrogens is 214 g/mol. The van der Waals surface area contributed by atoms with Gasteiger partial charge in [0.25, 0.3) is 0 Å². The molecule has 1 rings (SSSR count). The first-order valence-electron chi connectivity index (χ1n) is 7.28. The normalized spacial score (nSPS) is 20.1. The number of nitrogens with one attached hydrogen (secondary N) is 1. The Morgan fingerprint density at radius 1 is 1.12 bits per heavy atom. The number of hydrogen-bond donors (Lipinski definition) is 2. The van der Waals surface area contributed by atoms with Crippen molar-refractivity contribution in [2.45, 2.75) is 63.9 Å². The van der Waals surface area contributed by atoms with E-state index in [2.05, 4.69) is 12.2 Å². The largest absolute Gasteiger partial charge is 0.389 e. The Morgan fingerprint density at radius 3 is 2.47 bits per heavy atom. The molecule has 102 valence electrons. The summed E-state index contributed by atoms with van der Waals surface area (Å²) in [5, 5.41) is 13.8. The molecule has 17 heavy (non-hydrogen) atoms. The summed E-state index contributed by atoms with van der Waals surface area (Å²) < 4.78 is 5.42. The van der Waals surface area contributed by atoms with E-state index < -0.39 is 5.60 Å². The van der Waals surface area contributed by atoms with Crippen molar-refractivity contribution in [1.29, 1.82) is 0 Å². The minimum atomic E-state index is -0.444. The monoisotopic (exact) mass is 243 g/mol. The molecule has 0 saturated heterocycles. The van der Waals surface area contributed by atoms with Crippen molar-refractivity contribution < 1.29 is 9.84 Å². The zero-order chi connectivity index (χ0) is 12.4. The van der Waals surface area contributed by atoms with Crippen LogP contribution in [-0.2, 0) is 4.74 Å². The lowest BCUT2D eigenvalue weighted by molar-refractivity contribution is 0.0248. The first-order chi connectivity index (χ1) is 8.27. The summed E-state index contributed by atoms with van der Waals surface area (Å²) >= 11 is 0. The first kappa shape index (κ1) is 14.9. The molecule has 0 aliphatic heterocycles. The van der Waals surface area contributed by atoms with E-state index in [0.717, 1.165) is 52.0 Å². The van der Waals surface area contributed by atoms with Crippen molar-refractivity contribution in [2.24, 2.45) is 0 Å². The molecule has 1 aliphatic rings. The maximum absolute atomic E-state index is 10.4. The summed E-state index contributed by atoms with van der Waals surface area (Å²) in [6.07, 6.45) is 8.98. The molecule has 3 heteroatoms. The lowest BCUT2D eigenvalue weighted by atomic mass is 9.94. The average Bonchev–Trinajstić information content (AvgIpc) is 2.53. The van der Waals surface area contributed by atoms with Crippen molar-refractivity contribution in [1.82, 2.24) is 5.32 Å². The highest BCUT2D eigenvalue weighted by molar-refractivity contribution is 4.83. The molecular formula is C14H29NO2. The van der Waals surface area contributed by atoms with Gasteiger partial charge in [0.05, 0.1) is 5.60 Å². The lowest BCUT2D eigenvalue weighted by Gasteiger charge is -2.26. The van der Waals surface area contributed by atoms with Gasteiger partial charge in [0.1, 0.15) is 0 Å². The maximum Gasteiger partial charge on any atom is 0.0771 e. The predicted octanol–water partition coefficient (Wildman–Crippen LogP) is 2.48. The molecule has 0 atom stereocenters. The van der Waals surface area contributed by atoms with Gasteiger partial charge in [-0.05, 0) is 32.2 Å². The van der Waals surface area contributed by atoms with Crippen LogP contribution in [0.1, 0.15) is 58.3 Å². The van der Waals surface area contributed by atoms with E-state index >= 15 is 0 Å². The topological polar surface area (TPSA) is 41.5 Å². The number of aliphatic hydroxyl groups is 1. The third-order valence-corrected chi connectivity index (χ3v) is 3.48. The van der Waals surface area contributed by atoms with E-state index in [1.807, 2.05) is 0 Å². The van der Waals surface area contributed by atoms with E-state index in [4.69, 9.17) is 4.74 Å². The van der Waals surface area contributed by atoms with Crippen LogP contribution in [0.2, 0.25) is 0 Å². The van der Waals surface area contributed by atoms with Crippen LogP contribution in [0.4, 0.5) is 0 Å². The van der Waals surface area contributed by atoms with Gasteiger partial charge >= 0.3 is 0 Å². The standard InChI is InChI=1S/C14H29NO2/c1-2-11-17-12-7-10-15-13-14(16)8-5-3-4-6-9-14/h15-16H,2-13H2,1H3. The summed E-state index contributed by atoms with van der Waals surface area (Å²) in [6, 6.07) is 0. The Hall–Kier alpha value is -0.120. The molecule has 2 N–H and O–H groups in total. The van der Waals surface area contributed by atoms with Crippen molar-refractivity contribution in [3.05, 3.63) is 0 Å². The molecule has 0 radical (unpaired) electrons. The quantitative estimate of drug-likeness (QED) is 0.508. The second-order valence-corrected chi connectivity index (χ2v) is 5.28. The van der Waals surface area contributed by atoms with Crippen molar-refractivity contribution >= 4 is 0 Å². The Morgan fingerprint density at radius 2 is 1.82 bits per heavy atom. The molecule has 1 aliphatic carbocycles. The molecule has 0 amide bonds. The highest BCUT2D eigenvalue weighted by Gasteiger charge is 2.26. The fourth-order valence-electron chi connectivity index (χ4n) is 2.43. The molecule has 1 saturated carbocycles. The zero-order valence-corrected chi connectivity index (χ0v) is 11.3. The molecule has 0 heterocycles. The van der Waals surface area contributed by atoms with Crippen LogP contribution in [0.3, 0.4) is 0 Å². The molecule has 0 bridgehead atoms. The van der Waals surface area contributed by atoms with Gasteiger partial charge in [-0.1, -0.05) is 32.6 Å². The van der Waals surface area contributed by atoms with Crippen LogP contribution in [0.5, 0.6) is 0 Å². The van der Waals surface area contributed by atoms with Crippen LogP contribution >= 0.6 is 0 Å². The van der Waals surface area contributed by atoms with E-state index in [1.54, 1.807) is 0 Å². The summed E-state index contributed by atoms with van der Waals surface area (Å²) in [6.45, 7) is 5.52. The SMILES string of the molecule is CCCOCCCNCC1(O)CCCCCC1. The van der Waals surface area contributed by atoms with Gasteiger partial charge in [0.15, 0.2) is 0 Å². The van der Waals surface area contributed by atoms with Crippen LogP contribution in [0.15, 0.2) is 0 Å². The second kappa shape index (κ2) is 8.90. The highest BCUT2D eigenvalue weighted by atomic mass is 16.5. The molecule has 0 aromatic rings. The minimum absolute atomic E-state index is 0.444. The molecule has 0 spiro atoms. The van der Waals surface area contributed by atoms with Crippen molar-refractivity contribution in [3.8, 4) is 0 Å². The lowest BCUT2D eigenvalue weighted by Crippen LogP contribution is -2.40. The van der Waals surface area contributed by atoms with E-state index in [-0.39, 0.29) is 0 Å². The van der Waals surface area contributed by atoms with E-state index in [9.17, 15) is 5.11 Å². The summed E-state index contributed by atoms with van der Waals surface area (Å²) in [5.41, 5.74) is -0.444. The van der Waals surface area contributed by atoms with Crippen molar-refractivity contribution in [3.63, 3.8) is 0 Å². The van der Waals surface area contributed by atoms with E-state index in [0.29, 0.717) is 0 Å². The summed E-state index contributed by atoms with van der Waals surface area (Å²) in [4.78, 5) is 0. The number of hydrogen-bond acceptors (Lipinski definition) is 3. The molecule has 0 aromatic heterocycles. The third kappa shape index (κ3) is 7.02. The van der Waals surface area contributed by atoms with Crippen LogP contribution < -0.4 is 5.32 Å². The fourth-order valence-corrected chi connectivity index (χ4v) is 2.43. The Kier molecular flexibility index (Phi) is 7.82. The maximum atomic E-state index is 10.4. The van der Waals surface area contributed by atoms with Gasteiger partial charge < -0.3 is 15.2 Å². The summed E-state index contributed by atoms with van der Waals surface area (Å²) in [7, 11) is 0. The first-order valence-corrected chi connectivity index (χ1v) is 7.28. The van der Waals surface area contributed by atoms with Crippen LogP contribution in [0.25, 0.3) is 0 Å². The van der Waals surface area contributed by atoms with Gasteiger partial charge in [-0.2, -0.15) is 0 Å². The van der Waals surface area contributed by atoms with Gasteiger partial charge in [0, 0.05) is 19.8 Å². The van der Waals surface area contributed by atoms with Crippen LogP contribution in [-0.4, -0.2) is 37.0 Å². The number of rotatable bonds is 8. The predicted molar refractivity (Wildman–Crippen MR) is 71.2 cm³/mol. The smallest absolute Gasteiger partial charge is 0.0771 e. The molecule has 0 aromatic carbocycles. The third-order valence-electron chi connectivity index (χ3n) is 3.48. The Labute approximate surface area is 106 Å². The molecule has 0 unspecified atom stereocenters. The van der Waals surface area contributed by atoms with Crippen molar-refractivity contribution in [2.75, 3.05) is 26.3 Å². The van der Waals surface area contributed by atoms with Gasteiger partial charge in [-0.3, -0.25) is 0 Å². The van der Waals surface area contributed by atoms with Crippen LogP contribution in [0, 0.1) is 0 Å². The minimum Gasteiger partial charge on any atom is -0.389 e.